The number of hydrogen-bond donors (Lipinski definition) is 1. The van der Waals surface area contributed by atoms with E-state index in [4.69, 9.17) is 9.47 Å². The molecule has 23 heavy (non-hydrogen) atoms. The first kappa shape index (κ1) is 13.6. The van der Waals surface area contributed by atoms with Gasteiger partial charge in [0.2, 0.25) is 6.79 Å². The van der Waals surface area contributed by atoms with Crippen LogP contribution >= 0.6 is 0 Å². The third-order valence-corrected chi connectivity index (χ3v) is 3.62. The first-order valence-electron chi connectivity index (χ1n) is 7.15. The molecule has 0 fully saturated rings. The van der Waals surface area contributed by atoms with Gasteiger partial charge in [0.05, 0.1) is 11.9 Å². The number of nitrogens with zero attached hydrogens (tertiary/aromatic N) is 3. The molecule has 1 amide bonds. The molecule has 116 valence electrons. The van der Waals surface area contributed by atoms with Crippen LogP contribution < -0.4 is 14.8 Å². The van der Waals surface area contributed by atoms with Gasteiger partial charge >= 0.3 is 0 Å². The molecular formula is C16H14N4O3. The van der Waals surface area contributed by atoms with Gasteiger partial charge < -0.3 is 14.8 Å². The van der Waals surface area contributed by atoms with E-state index in [1.165, 1.54) is 0 Å². The summed E-state index contributed by atoms with van der Waals surface area (Å²) in [6, 6.07) is 6.97. The van der Waals surface area contributed by atoms with Crippen molar-refractivity contribution in [3.05, 3.63) is 47.4 Å². The maximum absolute atomic E-state index is 12.4. The number of carbonyl (C=O) groups is 1. The summed E-state index contributed by atoms with van der Waals surface area (Å²) in [7, 11) is 0. The summed E-state index contributed by atoms with van der Waals surface area (Å²) in [5, 5.41) is 7.15. The summed E-state index contributed by atoms with van der Waals surface area (Å²) in [5.41, 5.74) is 2.88. The summed E-state index contributed by atoms with van der Waals surface area (Å²) < 4.78 is 12.2. The quantitative estimate of drug-likeness (QED) is 0.786. The maximum atomic E-state index is 12.4. The molecule has 0 saturated carbocycles. The van der Waals surface area contributed by atoms with E-state index in [0.717, 1.165) is 11.2 Å². The van der Waals surface area contributed by atoms with E-state index >= 15 is 0 Å². The van der Waals surface area contributed by atoms with Crippen molar-refractivity contribution in [3.8, 4) is 11.5 Å². The molecule has 7 nitrogen and oxygen atoms in total. The van der Waals surface area contributed by atoms with Crippen molar-refractivity contribution in [2.45, 2.75) is 13.8 Å². The number of aryl methyl sites for hydroxylation is 2. The molecule has 0 bridgehead atoms. The highest BCUT2D eigenvalue weighted by atomic mass is 16.7. The lowest BCUT2D eigenvalue weighted by Gasteiger charge is -2.07. The number of hydrogen-bond acceptors (Lipinski definition) is 5. The fourth-order valence-corrected chi connectivity index (χ4v) is 2.57. The van der Waals surface area contributed by atoms with Gasteiger partial charge in [0.15, 0.2) is 17.1 Å². The van der Waals surface area contributed by atoms with Gasteiger partial charge in [-0.15, -0.1) is 0 Å². The van der Waals surface area contributed by atoms with Crippen LogP contribution in [0.2, 0.25) is 0 Å². The van der Waals surface area contributed by atoms with Crippen LogP contribution in [0.3, 0.4) is 0 Å². The number of anilines is 1. The molecule has 0 saturated heterocycles. The summed E-state index contributed by atoms with van der Waals surface area (Å²) in [6.45, 7) is 3.94. The predicted octanol–water partition coefficient (Wildman–Crippen LogP) is 2.33. The Hall–Kier alpha value is -3.09. The Morgan fingerprint density at radius 1 is 1.22 bits per heavy atom. The van der Waals surface area contributed by atoms with Gasteiger partial charge in [-0.05, 0) is 43.7 Å². The monoisotopic (exact) mass is 310 g/mol. The molecule has 1 aliphatic rings. The summed E-state index contributed by atoms with van der Waals surface area (Å²) in [5.74, 6) is 1.69. The molecule has 3 aromatic rings. The first-order valence-corrected chi connectivity index (χ1v) is 7.15. The van der Waals surface area contributed by atoms with Gasteiger partial charge in [-0.3, -0.25) is 4.79 Å². The zero-order chi connectivity index (χ0) is 16.0. The normalized spacial score (nSPS) is 12.6. The molecule has 1 aromatic carbocycles. The second-order valence-corrected chi connectivity index (χ2v) is 5.36. The third kappa shape index (κ3) is 2.36. The fourth-order valence-electron chi connectivity index (χ4n) is 2.57. The van der Waals surface area contributed by atoms with Gasteiger partial charge in [-0.2, -0.15) is 5.10 Å². The minimum Gasteiger partial charge on any atom is -0.454 e. The van der Waals surface area contributed by atoms with Crippen LogP contribution in [0.1, 0.15) is 21.7 Å². The van der Waals surface area contributed by atoms with Crippen LogP contribution in [0, 0.1) is 13.8 Å². The van der Waals surface area contributed by atoms with Crippen LogP contribution in [0.15, 0.2) is 30.5 Å². The molecule has 4 rings (SSSR count). The summed E-state index contributed by atoms with van der Waals surface area (Å²) in [4.78, 5) is 16.8. The lowest BCUT2D eigenvalue weighted by Crippen LogP contribution is -2.12. The fraction of sp³-hybridized carbons (Fsp3) is 0.188. The van der Waals surface area contributed by atoms with Crippen LogP contribution in [-0.2, 0) is 0 Å². The number of nitrogens with one attached hydrogen (secondary N) is 1. The summed E-state index contributed by atoms with van der Waals surface area (Å²) in [6.07, 6.45) is 1.74. The largest absolute Gasteiger partial charge is 0.454 e. The number of carbonyl (C=O) groups excluding carboxylic acids is 1. The van der Waals surface area contributed by atoms with Crippen molar-refractivity contribution in [2.24, 2.45) is 0 Å². The lowest BCUT2D eigenvalue weighted by atomic mass is 10.2. The van der Waals surface area contributed by atoms with Crippen molar-refractivity contribution in [2.75, 3.05) is 12.1 Å². The average Bonchev–Trinajstić information content (AvgIpc) is 3.12. The standard InChI is InChI=1S/C16H14N4O3/c1-9-5-12(7-20-15(9)17-10(2)19-20)18-16(21)11-3-4-13-14(6-11)23-8-22-13/h3-7H,8H2,1-2H3,(H,18,21). The van der Waals surface area contributed by atoms with Crippen LogP contribution in [0.5, 0.6) is 11.5 Å². The zero-order valence-corrected chi connectivity index (χ0v) is 12.7. The Balaban J connectivity index is 1.63. The topological polar surface area (TPSA) is 77.8 Å². The molecule has 0 unspecified atom stereocenters. The van der Waals surface area contributed by atoms with Crippen LogP contribution in [-0.4, -0.2) is 27.3 Å². The molecule has 2 aromatic heterocycles. The summed E-state index contributed by atoms with van der Waals surface area (Å²) >= 11 is 0. The van der Waals surface area contributed by atoms with Gasteiger partial charge in [0.1, 0.15) is 5.82 Å². The smallest absolute Gasteiger partial charge is 0.255 e. The van der Waals surface area contributed by atoms with E-state index in [1.807, 2.05) is 19.9 Å². The van der Waals surface area contributed by atoms with E-state index in [9.17, 15) is 4.79 Å². The number of pyridine rings is 1. The number of rotatable bonds is 2. The van der Waals surface area contributed by atoms with Gasteiger partial charge in [0.25, 0.3) is 5.91 Å². The highest BCUT2D eigenvalue weighted by Crippen LogP contribution is 2.32. The number of amides is 1. The van der Waals surface area contributed by atoms with E-state index in [1.54, 1.807) is 28.9 Å². The van der Waals surface area contributed by atoms with Crippen LogP contribution in [0.4, 0.5) is 5.69 Å². The number of benzene rings is 1. The van der Waals surface area contributed by atoms with E-state index in [-0.39, 0.29) is 12.7 Å². The van der Waals surface area contributed by atoms with Gasteiger partial charge in [0, 0.05) is 5.56 Å². The Morgan fingerprint density at radius 2 is 2.04 bits per heavy atom. The molecule has 0 aliphatic carbocycles. The Morgan fingerprint density at radius 3 is 2.91 bits per heavy atom. The molecule has 0 spiro atoms. The van der Waals surface area contributed by atoms with Gasteiger partial charge in [-0.1, -0.05) is 0 Å². The van der Waals surface area contributed by atoms with Crippen molar-refractivity contribution in [1.82, 2.24) is 14.6 Å². The van der Waals surface area contributed by atoms with Crippen molar-refractivity contribution < 1.29 is 14.3 Å². The minimum absolute atomic E-state index is 0.182. The van der Waals surface area contributed by atoms with Crippen molar-refractivity contribution >= 4 is 17.2 Å². The second-order valence-electron chi connectivity index (χ2n) is 5.36. The van der Waals surface area contributed by atoms with Crippen LogP contribution in [0.25, 0.3) is 5.65 Å². The van der Waals surface area contributed by atoms with E-state index in [0.29, 0.717) is 28.6 Å². The maximum Gasteiger partial charge on any atom is 0.255 e. The molecule has 0 atom stereocenters. The molecular weight excluding hydrogens is 296 g/mol. The zero-order valence-electron chi connectivity index (χ0n) is 12.7. The number of aromatic nitrogens is 3. The molecule has 3 heterocycles. The third-order valence-electron chi connectivity index (χ3n) is 3.62. The Labute approximate surface area is 131 Å². The highest BCUT2D eigenvalue weighted by molar-refractivity contribution is 6.04. The Bertz CT molecular complexity index is 932. The Kier molecular flexibility index (Phi) is 2.94. The molecule has 7 heteroatoms. The van der Waals surface area contributed by atoms with E-state index < -0.39 is 0 Å². The van der Waals surface area contributed by atoms with Gasteiger partial charge in [-0.25, -0.2) is 9.50 Å². The van der Waals surface area contributed by atoms with E-state index in [2.05, 4.69) is 15.4 Å². The molecule has 1 aliphatic heterocycles. The molecule has 1 N–H and O–H groups in total. The van der Waals surface area contributed by atoms with Crippen molar-refractivity contribution in [1.29, 1.82) is 0 Å². The lowest BCUT2D eigenvalue weighted by molar-refractivity contribution is 0.102. The first-order chi connectivity index (χ1) is 11.1. The highest BCUT2D eigenvalue weighted by Gasteiger charge is 2.16. The van der Waals surface area contributed by atoms with Crippen molar-refractivity contribution in [3.63, 3.8) is 0 Å². The number of ether oxygens (including phenoxy) is 2. The minimum atomic E-state index is -0.223. The average molecular weight is 310 g/mol. The molecule has 0 radical (unpaired) electrons. The second kappa shape index (κ2) is 4.98. The SMILES string of the molecule is Cc1nc2c(C)cc(NC(=O)c3ccc4c(c3)OCO4)cn2n1. The number of fused-ring (bicyclic) bond motifs is 2. The predicted molar refractivity (Wildman–Crippen MR) is 83.0 cm³/mol.